The van der Waals surface area contributed by atoms with Crippen LogP contribution in [0.4, 0.5) is 5.69 Å². The van der Waals surface area contributed by atoms with Gasteiger partial charge in [-0.25, -0.2) is 9.78 Å². The molecule has 3 aromatic rings. The third-order valence-corrected chi connectivity index (χ3v) is 5.51. The van der Waals surface area contributed by atoms with Gasteiger partial charge in [-0.15, -0.1) is 11.3 Å². The highest BCUT2D eigenvalue weighted by Crippen LogP contribution is 2.28. The second-order valence-electron chi connectivity index (χ2n) is 5.24. The maximum atomic E-state index is 12.2. The predicted octanol–water partition coefficient (Wildman–Crippen LogP) is 4.33. The lowest BCUT2D eigenvalue weighted by molar-refractivity contribution is -0.113. The monoisotopic (exact) mass is 384 g/mol. The molecule has 0 spiro atoms. The van der Waals surface area contributed by atoms with Crippen LogP contribution in [-0.4, -0.2) is 29.7 Å². The van der Waals surface area contributed by atoms with Crippen LogP contribution in [0.25, 0.3) is 11.3 Å². The number of esters is 1. The fraction of sp³-hybridized carbons (Fsp3) is 0.105. The van der Waals surface area contributed by atoms with Crippen molar-refractivity contribution in [1.29, 1.82) is 0 Å². The minimum absolute atomic E-state index is 0.206. The summed E-state index contributed by atoms with van der Waals surface area (Å²) >= 11 is 2.86. The van der Waals surface area contributed by atoms with E-state index in [2.05, 4.69) is 10.3 Å². The van der Waals surface area contributed by atoms with Crippen LogP contribution in [0.15, 0.2) is 64.3 Å². The van der Waals surface area contributed by atoms with Gasteiger partial charge in [0.2, 0.25) is 5.91 Å². The number of nitrogens with zero attached hydrogens (tertiary/aromatic N) is 1. The van der Waals surface area contributed by atoms with Gasteiger partial charge in [-0.1, -0.05) is 54.2 Å². The number of thioether (sulfide) groups is 1. The number of methoxy groups -OCH3 is 1. The number of thiazole rings is 1. The van der Waals surface area contributed by atoms with E-state index < -0.39 is 5.97 Å². The normalized spacial score (nSPS) is 10.3. The summed E-state index contributed by atoms with van der Waals surface area (Å²) in [4.78, 5) is 28.5. The molecule has 1 N–H and O–H groups in total. The maximum Gasteiger partial charge on any atom is 0.339 e. The lowest BCUT2D eigenvalue weighted by Crippen LogP contribution is -2.17. The summed E-state index contributed by atoms with van der Waals surface area (Å²) in [6, 6.07) is 16.6. The van der Waals surface area contributed by atoms with Crippen molar-refractivity contribution in [3.8, 4) is 11.3 Å². The lowest BCUT2D eigenvalue weighted by atomic mass is 10.2. The van der Waals surface area contributed by atoms with E-state index in [9.17, 15) is 9.59 Å². The Labute approximate surface area is 159 Å². The Kier molecular flexibility index (Phi) is 6.04. The number of hydrogen-bond acceptors (Lipinski definition) is 6. The zero-order chi connectivity index (χ0) is 18.4. The fourth-order valence-corrected chi connectivity index (χ4v) is 3.89. The number of aromatic nitrogens is 1. The number of rotatable bonds is 6. The van der Waals surface area contributed by atoms with Crippen LogP contribution in [0, 0.1) is 0 Å². The molecule has 5 nitrogen and oxygen atoms in total. The molecule has 1 amide bonds. The first-order valence-corrected chi connectivity index (χ1v) is 9.65. The second kappa shape index (κ2) is 8.64. The molecule has 0 aliphatic rings. The number of hydrogen-bond donors (Lipinski definition) is 1. The molecule has 0 unspecified atom stereocenters. The Morgan fingerprint density at radius 2 is 1.85 bits per heavy atom. The van der Waals surface area contributed by atoms with Crippen LogP contribution in [0.3, 0.4) is 0 Å². The Morgan fingerprint density at radius 3 is 2.62 bits per heavy atom. The number of anilines is 1. The Hall–Kier alpha value is -2.64. The van der Waals surface area contributed by atoms with Gasteiger partial charge in [0.25, 0.3) is 0 Å². The van der Waals surface area contributed by atoms with Crippen molar-refractivity contribution in [1.82, 2.24) is 4.98 Å². The molecule has 0 fully saturated rings. The third kappa shape index (κ3) is 4.50. The number of carbonyl (C=O) groups is 2. The summed E-state index contributed by atoms with van der Waals surface area (Å²) in [5.41, 5.74) is 2.71. The average molecular weight is 384 g/mol. The predicted molar refractivity (Wildman–Crippen MR) is 105 cm³/mol. The number of para-hydroxylation sites is 1. The van der Waals surface area contributed by atoms with E-state index in [1.165, 1.54) is 30.2 Å². The van der Waals surface area contributed by atoms with Gasteiger partial charge < -0.3 is 10.1 Å². The van der Waals surface area contributed by atoms with Crippen molar-refractivity contribution < 1.29 is 14.3 Å². The highest BCUT2D eigenvalue weighted by atomic mass is 32.2. The number of nitrogens with one attached hydrogen (secondary N) is 1. The van der Waals surface area contributed by atoms with Crippen LogP contribution in [0.1, 0.15) is 10.4 Å². The number of carbonyl (C=O) groups excluding carboxylic acids is 2. The van der Waals surface area contributed by atoms with Gasteiger partial charge in [-0.3, -0.25) is 4.79 Å². The van der Waals surface area contributed by atoms with Crippen LogP contribution >= 0.6 is 23.1 Å². The van der Waals surface area contributed by atoms with Gasteiger partial charge >= 0.3 is 5.97 Å². The molecular weight excluding hydrogens is 368 g/mol. The summed E-state index contributed by atoms with van der Waals surface area (Å²) in [5.74, 6) is -0.485. The van der Waals surface area contributed by atoms with E-state index in [-0.39, 0.29) is 11.7 Å². The number of amides is 1. The first-order valence-electron chi connectivity index (χ1n) is 7.78. The smallest absolute Gasteiger partial charge is 0.339 e. The lowest BCUT2D eigenvalue weighted by Gasteiger charge is -2.08. The first kappa shape index (κ1) is 18.2. The van der Waals surface area contributed by atoms with Crippen LogP contribution in [0.5, 0.6) is 0 Å². The maximum absolute atomic E-state index is 12.2. The zero-order valence-corrected chi connectivity index (χ0v) is 15.6. The second-order valence-corrected chi connectivity index (χ2v) is 7.32. The van der Waals surface area contributed by atoms with Crippen LogP contribution in [-0.2, 0) is 9.53 Å². The van der Waals surface area contributed by atoms with E-state index in [4.69, 9.17) is 4.74 Å². The van der Waals surface area contributed by atoms with Gasteiger partial charge in [0.15, 0.2) is 4.34 Å². The molecule has 0 atom stereocenters. The molecule has 26 heavy (non-hydrogen) atoms. The van der Waals surface area contributed by atoms with Crippen molar-refractivity contribution in [2.75, 3.05) is 18.2 Å². The molecule has 0 aliphatic heterocycles. The minimum atomic E-state index is -0.485. The molecule has 3 rings (SSSR count). The molecule has 7 heteroatoms. The van der Waals surface area contributed by atoms with Crippen molar-refractivity contribution in [2.45, 2.75) is 4.34 Å². The van der Waals surface area contributed by atoms with E-state index in [0.29, 0.717) is 11.3 Å². The van der Waals surface area contributed by atoms with Crippen LogP contribution in [0.2, 0.25) is 0 Å². The third-order valence-electron chi connectivity index (χ3n) is 3.49. The van der Waals surface area contributed by atoms with Crippen molar-refractivity contribution in [3.63, 3.8) is 0 Å². The van der Waals surface area contributed by atoms with E-state index in [1.54, 1.807) is 24.3 Å². The zero-order valence-electron chi connectivity index (χ0n) is 14.0. The Balaban J connectivity index is 1.60. The largest absolute Gasteiger partial charge is 0.465 e. The van der Waals surface area contributed by atoms with E-state index in [0.717, 1.165) is 15.6 Å². The molecule has 132 valence electrons. The molecule has 1 aromatic heterocycles. The summed E-state index contributed by atoms with van der Waals surface area (Å²) in [6.45, 7) is 0. The van der Waals surface area contributed by atoms with E-state index in [1.807, 2.05) is 35.7 Å². The minimum Gasteiger partial charge on any atom is -0.465 e. The van der Waals surface area contributed by atoms with Gasteiger partial charge in [-0.05, 0) is 12.1 Å². The van der Waals surface area contributed by atoms with Crippen molar-refractivity contribution in [3.05, 3.63) is 65.5 Å². The van der Waals surface area contributed by atoms with Crippen LogP contribution < -0.4 is 5.32 Å². The molecule has 0 saturated heterocycles. The summed E-state index contributed by atoms with van der Waals surface area (Å²) in [5, 5.41) is 4.73. The number of ether oxygens (including phenoxy) is 1. The molecule has 0 bridgehead atoms. The van der Waals surface area contributed by atoms with Gasteiger partial charge in [0.1, 0.15) is 0 Å². The summed E-state index contributed by atoms with van der Waals surface area (Å²) in [6.07, 6.45) is 0. The topological polar surface area (TPSA) is 68.3 Å². The van der Waals surface area contributed by atoms with Gasteiger partial charge in [-0.2, -0.15) is 0 Å². The average Bonchev–Trinajstić information content (AvgIpc) is 3.16. The molecule has 0 radical (unpaired) electrons. The van der Waals surface area contributed by atoms with E-state index >= 15 is 0 Å². The molecule has 0 saturated carbocycles. The standard InChI is InChI=1S/C19H16N2O3S2/c1-24-18(23)14-9-5-6-10-15(14)20-17(22)12-26-19-21-16(11-25-19)13-7-3-2-4-8-13/h2-11H,12H2,1H3,(H,20,22). The summed E-state index contributed by atoms with van der Waals surface area (Å²) in [7, 11) is 1.31. The molecular formula is C19H16N2O3S2. The highest BCUT2D eigenvalue weighted by Gasteiger charge is 2.14. The first-order chi connectivity index (χ1) is 12.7. The van der Waals surface area contributed by atoms with Gasteiger partial charge in [0, 0.05) is 10.9 Å². The van der Waals surface area contributed by atoms with Gasteiger partial charge in [0.05, 0.1) is 29.8 Å². The Morgan fingerprint density at radius 1 is 1.12 bits per heavy atom. The van der Waals surface area contributed by atoms with Crippen molar-refractivity contribution >= 4 is 40.7 Å². The summed E-state index contributed by atoms with van der Waals surface area (Å²) < 4.78 is 5.55. The fourth-order valence-electron chi connectivity index (χ4n) is 2.26. The highest BCUT2D eigenvalue weighted by molar-refractivity contribution is 8.01. The Bertz CT molecular complexity index is 910. The SMILES string of the molecule is COC(=O)c1ccccc1NC(=O)CSc1nc(-c2ccccc2)cs1. The molecule has 2 aromatic carbocycles. The molecule has 0 aliphatic carbocycles. The number of benzene rings is 2. The molecule has 1 heterocycles. The van der Waals surface area contributed by atoms with Crippen molar-refractivity contribution in [2.24, 2.45) is 0 Å². The quantitative estimate of drug-likeness (QED) is 0.506.